The highest BCUT2D eigenvalue weighted by Crippen LogP contribution is 2.42. The van der Waals surface area contributed by atoms with Gasteiger partial charge in [-0.1, -0.05) is 39.1 Å². The van der Waals surface area contributed by atoms with E-state index in [1.165, 1.54) is 11.5 Å². The smallest absolute Gasteiger partial charge is 0.330 e. The summed E-state index contributed by atoms with van der Waals surface area (Å²) < 4.78 is 7.36. The van der Waals surface area contributed by atoms with Gasteiger partial charge in [-0.25, -0.2) is 9.78 Å². The Balaban J connectivity index is 1.61. The number of amides is 1. The first-order valence-corrected chi connectivity index (χ1v) is 12.3. The van der Waals surface area contributed by atoms with Crippen LogP contribution in [0.2, 0.25) is 0 Å². The Kier molecular flexibility index (Phi) is 5.97. The molecule has 178 valence electrons. The van der Waals surface area contributed by atoms with E-state index in [0.717, 1.165) is 41.0 Å². The zero-order valence-electron chi connectivity index (χ0n) is 20.6. The fraction of sp³-hybridized carbons (Fsp3) is 0.625. The van der Waals surface area contributed by atoms with E-state index in [1.54, 1.807) is 11.6 Å². The number of fused-ring (bicyclic) bond motifs is 1. The van der Waals surface area contributed by atoms with Crippen LogP contribution in [-0.2, 0) is 13.6 Å². The van der Waals surface area contributed by atoms with Crippen LogP contribution in [0, 0.1) is 17.8 Å². The quantitative estimate of drug-likeness (QED) is 0.621. The van der Waals surface area contributed by atoms with E-state index >= 15 is 0 Å². The Morgan fingerprint density at radius 2 is 2.03 bits per heavy atom. The molecular weight excluding hydrogens is 436 g/mol. The Morgan fingerprint density at radius 3 is 2.67 bits per heavy atom. The van der Waals surface area contributed by atoms with Crippen LogP contribution in [0.4, 0.5) is 0 Å². The molecular formula is C24H34N6O2S. The average molecular weight is 471 g/mol. The van der Waals surface area contributed by atoms with Crippen molar-refractivity contribution in [1.82, 2.24) is 29.0 Å². The largest absolute Gasteiger partial charge is 0.347 e. The van der Waals surface area contributed by atoms with E-state index in [2.05, 4.69) is 55.6 Å². The molecule has 0 aromatic carbocycles. The number of imidazole rings is 1. The molecule has 3 heterocycles. The average Bonchev–Trinajstić information content (AvgIpc) is 3.25. The molecule has 0 bridgehead atoms. The van der Waals surface area contributed by atoms with Gasteiger partial charge in [-0.15, -0.1) is 5.10 Å². The molecule has 1 aliphatic rings. The van der Waals surface area contributed by atoms with Crippen LogP contribution in [0.1, 0.15) is 80.9 Å². The van der Waals surface area contributed by atoms with E-state index in [0.29, 0.717) is 12.2 Å². The Morgan fingerprint density at radius 1 is 1.30 bits per heavy atom. The molecule has 33 heavy (non-hydrogen) atoms. The lowest BCUT2D eigenvalue weighted by molar-refractivity contribution is 0.0831. The third-order valence-corrected chi connectivity index (χ3v) is 7.46. The number of rotatable bonds is 4. The van der Waals surface area contributed by atoms with E-state index in [9.17, 15) is 9.59 Å². The van der Waals surface area contributed by atoms with Gasteiger partial charge in [0.1, 0.15) is 0 Å². The SMILES string of the molecule is Cc1snnc1C(=O)NC1CC(c2ccc3c(n2)n(C)c(=O)n3CC(C)(C)C)CCC1(C)C. The number of aryl methyl sites for hydroxylation is 2. The summed E-state index contributed by atoms with van der Waals surface area (Å²) in [6.07, 6.45) is 2.76. The van der Waals surface area contributed by atoms with E-state index in [4.69, 9.17) is 4.98 Å². The summed E-state index contributed by atoms with van der Waals surface area (Å²) in [5.74, 6) is 0.0495. The van der Waals surface area contributed by atoms with Crippen LogP contribution in [0.25, 0.3) is 11.2 Å². The lowest BCUT2D eigenvalue weighted by Crippen LogP contribution is -2.48. The van der Waals surface area contributed by atoms with Crippen LogP contribution >= 0.6 is 11.5 Å². The van der Waals surface area contributed by atoms with Crippen molar-refractivity contribution in [2.45, 2.75) is 79.3 Å². The maximum Gasteiger partial charge on any atom is 0.330 e. The third kappa shape index (κ3) is 4.60. The lowest BCUT2D eigenvalue weighted by atomic mass is 9.68. The molecule has 3 aromatic heterocycles. The summed E-state index contributed by atoms with van der Waals surface area (Å²) in [6, 6.07) is 4.08. The van der Waals surface area contributed by atoms with Gasteiger partial charge < -0.3 is 5.32 Å². The summed E-state index contributed by atoms with van der Waals surface area (Å²) in [6.45, 7) is 13.3. The van der Waals surface area contributed by atoms with Gasteiger partial charge in [0.25, 0.3) is 5.91 Å². The highest BCUT2D eigenvalue weighted by molar-refractivity contribution is 7.05. The molecule has 1 aliphatic carbocycles. The molecule has 4 rings (SSSR count). The number of aromatic nitrogens is 5. The van der Waals surface area contributed by atoms with Crippen LogP contribution in [-0.4, -0.2) is 35.7 Å². The number of nitrogens with zero attached hydrogens (tertiary/aromatic N) is 5. The van der Waals surface area contributed by atoms with Gasteiger partial charge in [-0.05, 0) is 60.7 Å². The predicted octanol–water partition coefficient (Wildman–Crippen LogP) is 4.03. The van der Waals surface area contributed by atoms with Crippen LogP contribution in [0.3, 0.4) is 0 Å². The monoisotopic (exact) mass is 470 g/mol. The van der Waals surface area contributed by atoms with E-state index < -0.39 is 0 Å². The van der Waals surface area contributed by atoms with Crippen LogP contribution in [0.15, 0.2) is 16.9 Å². The Hall–Kier alpha value is -2.55. The van der Waals surface area contributed by atoms with Crippen molar-refractivity contribution in [2.75, 3.05) is 0 Å². The maximum atomic E-state index is 12.9. The van der Waals surface area contributed by atoms with Gasteiger partial charge in [0.15, 0.2) is 11.3 Å². The highest BCUT2D eigenvalue weighted by atomic mass is 32.1. The molecule has 1 N–H and O–H groups in total. The van der Waals surface area contributed by atoms with Gasteiger partial charge in [-0.3, -0.25) is 13.9 Å². The molecule has 2 unspecified atom stereocenters. The third-order valence-electron chi connectivity index (χ3n) is 6.83. The summed E-state index contributed by atoms with van der Waals surface area (Å²) in [5, 5.41) is 7.21. The molecule has 0 spiro atoms. The van der Waals surface area contributed by atoms with E-state index in [1.807, 2.05) is 17.6 Å². The predicted molar refractivity (Wildman–Crippen MR) is 131 cm³/mol. The summed E-state index contributed by atoms with van der Waals surface area (Å²) in [4.78, 5) is 31.5. The molecule has 1 fully saturated rings. The van der Waals surface area contributed by atoms with Crippen molar-refractivity contribution < 1.29 is 4.79 Å². The fourth-order valence-corrected chi connectivity index (χ4v) is 5.24. The van der Waals surface area contributed by atoms with Crippen LogP contribution in [0.5, 0.6) is 0 Å². The standard InChI is InChI=1S/C24H34N6O2S/c1-14-19(27-28-33-14)21(31)26-18-12-15(10-11-24(18,5)6)16-8-9-17-20(25-16)29(7)22(32)30(17)13-23(2,3)4/h8-9,15,18H,10-13H2,1-7H3,(H,26,31). The summed E-state index contributed by atoms with van der Waals surface area (Å²) >= 11 is 1.24. The number of hydrogen-bond acceptors (Lipinski definition) is 6. The second-order valence-corrected chi connectivity index (χ2v) is 12.2. The first-order chi connectivity index (χ1) is 15.4. The van der Waals surface area contributed by atoms with Crippen molar-refractivity contribution in [3.63, 3.8) is 0 Å². The van der Waals surface area contributed by atoms with Gasteiger partial charge in [0, 0.05) is 31.2 Å². The van der Waals surface area contributed by atoms with Gasteiger partial charge in [0.2, 0.25) is 0 Å². The molecule has 2 atom stereocenters. The lowest BCUT2D eigenvalue weighted by Gasteiger charge is -2.42. The molecule has 8 nitrogen and oxygen atoms in total. The number of nitrogens with one attached hydrogen (secondary N) is 1. The first kappa shape index (κ1) is 23.6. The maximum absolute atomic E-state index is 12.9. The van der Waals surface area contributed by atoms with E-state index in [-0.39, 0.29) is 34.4 Å². The Bertz CT molecular complexity index is 1250. The number of hydrogen-bond donors (Lipinski definition) is 1. The molecule has 0 saturated heterocycles. The first-order valence-electron chi connectivity index (χ1n) is 11.5. The minimum absolute atomic E-state index is 0.00310. The minimum Gasteiger partial charge on any atom is -0.347 e. The molecule has 0 aliphatic heterocycles. The second-order valence-electron chi connectivity index (χ2n) is 11.2. The summed E-state index contributed by atoms with van der Waals surface area (Å²) in [5.41, 5.74) is 2.90. The highest BCUT2D eigenvalue weighted by Gasteiger charge is 2.39. The molecule has 0 radical (unpaired) electrons. The zero-order valence-corrected chi connectivity index (χ0v) is 21.4. The van der Waals surface area contributed by atoms with Crippen molar-refractivity contribution in [1.29, 1.82) is 0 Å². The molecule has 3 aromatic rings. The number of pyridine rings is 1. The van der Waals surface area contributed by atoms with Gasteiger partial charge in [-0.2, -0.15) is 0 Å². The van der Waals surface area contributed by atoms with Crippen molar-refractivity contribution in [2.24, 2.45) is 17.9 Å². The van der Waals surface area contributed by atoms with Crippen LogP contribution < -0.4 is 11.0 Å². The topological polar surface area (TPSA) is 94.7 Å². The Labute approximate surface area is 198 Å². The minimum atomic E-state index is -0.162. The van der Waals surface area contributed by atoms with Crippen molar-refractivity contribution >= 4 is 28.6 Å². The second kappa shape index (κ2) is 8.34. The summed E-state index contributed by atoms with van der Waals surface area (Å²) in [7, 11) is 1.79. The fourth-order valence-electron chi connectivity index (χ4n) is 4.78. The number of carbonyl (C=O) groups is 1. The molecule has 1 saturated carbocycles. The van der Waals surface area contributed by atoms with Gasteiger partial charge in [0.05, 0.1) is 10.4 Å². The van der Waals surface area contributed by atoms with Gasteiger partial charge >= 0.3 is 5.69 Å². The molecule has 9 heteroatoms. The normalized spacial score (nSPS) is 20.8. The number of carbonyl (C=O) groups excluding carboxylic acids is 1. The van der Waals surface area contributed by atoms with Crippen molar-refractivity contribution in [3.8, 4) is 0 Å². The van der Waals surface area contributed by atoms with Crippen molar-refractivity contribution in [3.05, 3.63) is 38.9 Å². The molecule has 1 amide bonds. The zero-order chi connectivity index (χ0) is 24.1.